The van der Waals surface area contributed by atoms with Crippen LogP contribution in [0.4, 0.5) is 5.82 Å². The Morgan fingerprint density at radius 2 is 2.37 bits per heavy atom. The summed E-state index contributed by atoms with van der Waals surface area (Å²) in [5.41, 5.74) is -0.148. The molecule has 0 saturated carbocycles. The van der Waals surface area contributed by atoms with Gasteiger partial charge in [-0.1, -0.05) is 0 Å². The van der Waals surface area contributed by atoms with E-state index in [4.69, 9.17) is 9.47 Å². The summed E-state index contributed by atoms with van der Waals surface area (Å²) < 4.78 is 12.8. The standard InChI is InChI=1S/C14H19BrN2O2/c1-11-8-17(13-4-3-12(15)7-16-13)9-14(19-11)5-2-6-18-10-14/h3-4,7,11H,2,5-6,8-10H2,1H3/t11-,14-/m0/s1. The quantitative estimate of drug-likeness (QED) is 0.794. The van der Waals surface area contributed by atoms with Gasteiger partial charge < -0.3 is 14.4 Å². The van der Waals surface area contributed by atoms with Gasteiger partial charge in [0.2, 0.25) is 0 Å². The Hall–Kier alpha value is -0.650. The maximum Gasteiger partial charge on any atom is 0.128 e. The fraction of sp³-hybridized carbons (Fsp3) is 0.643. The summed E-state index contributed by atoms with van der Waals surface area (Å²) >= 11 is 3.43. The number of nitrogens with zero attached hydrogens (tertiary/aromatic N) is 2. The van der Waals surface area contributed by atoms with Crippen LogP contribution in [0.5, 0.6) is 0 Å². The van der Waals surface area contributed by atoms with Gasteiger partial charge in [0.25, 0.3) is 0 Å². The number of anilines is 1. The molecule has 1 aromatic rings. The maximum atomic E-state index is 6.19. The summed E-state index contributed by atoms with van der Waals surface area (Å²) in [5.74, 6) is 1.02. The summed E-state index contributed by atoms with van der Waals surface area (Å²) in [4.78, 5) is 6.81. The van der Waals surface area contributed by atoms with Crippen molar-refractivity contribution in [2.75, 3.05) is 31.2 Å². The molecule has 0 aromatic carbocycles. The maximum absolute atomic E-state index is 6.19. The molecule has 0 N–H and O–H groups in total. The fourth-order valence-electron chi connectivity index (χ4n) is 3.00. The molecule has 2 atom stereocenters. The number of rotatable bonds is 1. The molecule has 0 radical (unpaired) electrons. The highest BCUT2D eigenvalue weighted by Gasteiger charge is 2.41. The second-order valence-electron chi connectivity index (χ2n) is 5.48. The molecule has 2 saturated heterocycles. The van der Waals surface area contributed by atoms with Gasteiger partial charge in [-0.3, -0.25) is 0 Å². The molecule has 0 unspecified atom stereocenters. The Bertz CT molecular complexity index is 432. The van der Waals surface area contributed by atoms with Gasteiger partial charge in [-0.25, -0.2) is 4.98 Å². The zero-order valence-electron chi connectivity index (χ0n) is 11.1. The molecule has 19 heavy (non-hydrogen) atoms. The van der Waals surface area contributed by atoms with Crippen LogP contribution in [0.2, 0.25) is 0 Å². The molecular weight excluding hydrogens is 308 g/mol. The lowest BCUT2D eigenvalue weighted by atomic mass is 9.93. The monoisotopic (exact) mass is 326 g/mol. The molecule has 1 spiro atoms. The van der Waals surface area contributed by atoms with E-state index in [0.717, 1.165) is 42.8 Å². The number of aromatic nitrogens is 1. The molecule has 2 aliphatic rings. The first-order valence-electron chi connectivity index (χ1n) is 6.79. The van der Waals surface area contributed by atoms with Crippen LogP contribution < -0.4 is 4.90 Å². The second-order valence-corrected chi connectivity index (χ2v) is 6.40. The molecule has 0 aliphatic carbocycles. The van der Waals surface area contributed by atoms with E-state index in [1.807, 2.05) is 12.3 Å². The highest BCUT2D eigenvalue weighted by Crippen LogP contribution is 2.32. The van der Waals surface area contributed by atoms with Gasteiger partial charge in [0.1, 0.15) is 11.4 Å². The Morgan fingerprint density at radius 3 is 3.05 bits per heavy atom. The number of hydrogen-bond donors (Lipinski definition) is 0. The normalized spacial score (nSPS) is 31.7. The Balaban J connectivity index is 1.80. The summed E-state index contributed by atoms with van der Waals surface area (Å²) in [7, 11) is 0. The molecule has 104 valence electrons. The number of pyridine rings is 1. The third-order valence-corrected chi connectivity index (χ3v) is 4.20. The number of halogens is 1. The average Bonchev–Trinajstić information content (AvgIpc) is 2.39. The van der Waals surface area contributed by atoms with Crippen molar-refractivity contribution in [2.45, 2.75) is 31.5 Å². The molecule has 2 aliphatic heterocycles. The Kier molecular flexibility index (Phi) is 3.78. The molecule has 0 amide bonds. The van der Waals surface area contributed by atoms with Crippen LogP contribution in [0, 0.1) is 0 Å². The predicted octanol–water partition coefficient (Wildman–Crippen LogP) is 2.62. The van der Waals surface area contributed by atoms with Crippen LogP contribution in [-0.2, 0) is 9.47 Å². The van der Waals surface area contributed by atoms with Crippen LogP contribution >= 0.6 is 15.9 Å². The van der Waals surface area contributed by atoms with E-state index in [9.17, 15) is 0 Å². The average molecular weight is 327 g/mol. The number of hydrogen-bond acceptors (Lipinski definition) is 4. The van der Waals surface area contributed by atoms with Crippen LogP contribution in [0.1, 0.15) is 19.8 Å². The smallest absolute Gasteiger partial charge is 0.128 e. The molecule has 5 heteroatoms. The lowest BCUT2D eigenvalue weighted by molar-refractivity contribution is -0.160. The highest BCUT2D eigenvalue weighted by atomic mass is 79.9. The van der Waals surface area contributed by atoms with Gasteiger partial charge in [-0.05, 0) is 47.8 Å². The van der Waals surface area contributed by atoms with E-state index in [-0.39, 0.29) is 11.7 Å². The molecule has 0 bridgehead atoms. The third kappa shape index (κ3) is 2.93. The zero-order valence-corrected chi connectivity index (χ0v) is 12.7. The highest BCUT2D eigenvalue weighted by molar-refractivity contribution is 9.10. The van der Waals surface area contributed by atoms with E-state index in [1.165, 1.54) is 0 Å². The van der Waals surface area contributed by atoms with Crippen molar-refractivity contribution >= 4 is 21.7 Å². The largest absolute Gasteiger partial charge is 0.378 e. The molecule has 2 fully saturated rings. The number of ether oxygens (including phenoxy) is 2. The van der Waals surface area contributed by atoms with Crippen LogP contribution in [0.25, 0.3) is 0 Å². The first-order valence-corrected chi connectivity index (χ1v) is 7.58. The molecule has 1 aromatic heterocycles. The van der Waals surface area contributed by atoms with Gasteiger partial charge >= 0.3 is 0 Å². The second kappa shape index (κ2) is 5.38. The summed E-state index contributed by atoms with van der Waals surface area (Å²) in [5, 5.41) is 0. The molecule has 3 rings (SSSR count). The summed E-state index contributed by atoms with van der Waals surface area (Å²) in [6.45, 7) is 5.43. The third-order valence-electron chi connectivity index (χ3n) is 3.73. The lowest BCUT2D eigenvalue weighted by Crippen LogP contribution is -2.58. The van der Waals surface area contributed by atoms with Gasteiger partial charge in [-0.15, -0.1) is 0 Å². The molecular formula is C14H19BrN2O2. The van der Waals surface area contributed by atoms with Gasteiger partial charge in [0.05, 0.1) is 19.3 Å². The first kappa shape index (κ1) is 13.3. The van der Waals surface area contributed by atoms with E-state index < -0.39 is 0 Å². The van der Waals surface area contributed by atoms with Crippen LogP contribution in [0.3, 0.4) is 0 Å². The van der Waals surface area contributed by atoms with Gasteiger partial charge in [-0.2, -0.15) is 0 Å². The van der Waals surface area contributed by atoms with Crippen molar-refractivity contribution in [3.05, 3.63) is 22.8 Å². The Labute approximate surface area is 122 Å². The van der Waals surface area contributed by atoms with E-state index in [1.54, 1.807) is 0 Å². The molecule has 3 heterocycles. The van der Waals surface area contributed by atoms with Crippen LogP contribution in [0.15, 0.2) is 22.8 Å². The van der Waals surface area contributed by atoms with Crippen molar-refractivity contribution < 1.29 is 9.47 Å². The van der Waals surface area contributed by atoms with Crippen molar-refractivity contribution in [2.24, 2.45) is 0 Å². The first-order chi connectivity index (χ1) is 9.17. The predicted molar refractivity (Wildman–Crippen MR) is 77.5 cm³/mol. The minimum atomic E-state index is -0.148. The van der Waals surface area contributed by atoms with Crippen molar-refractivity contribution in [3.63, 3.8) is 0 Å². The zero-order chi connectivity index (χ0) is 13.3. The molecule has 4 nitrogen and oxygen atoms in total. The summed E-state index contributed by atoms with van der Waals surface area (Å²) in [6.07, 6.45) is 4.21. The number of morpholine rings is 1. The SMILES string of the molecule is C[C@H]1CN(c2ccc(Br)cn2)C[C@]2(CCCOC2)O1. The van der Waals surface area contributed by atoms with Crippen LogP contribution in [-0.4, -0.2) is 43.0 Å². The lowest BCUT2D eigenvalue weighted by Gasteiger charge is -2.47. The van der Waals surface area contributed by atoms with Crippen molar-refractivity contribution in [1.29, 1.82) is 0 Å². The van der Waals surface area contributed by atoms with E-state index in [0.29, 0.717) is 6.61 Å². The topological polar surface area (TPSA) is 34.6 Å². The fourth-order valence-corrected chi connectivity index (χ4v) is 3.23. The Morgan fingerprint density at radius 1 is 1.47 bits per heavy atom. The minimum Gasteiger partial charge on any atom is -0.378 e. The van der Waals surface area contributed by atoms with E-state index in [2.05, 4.69) is 38.8 Å². The summed E-state index contributed by atoms with van der Waals surface area (Å²) in [6, 6.07) is 4.09. The van der Waals surface area contributed by atoms with Gasteiger partial charge in [0, 0.05) is 23.8 Å². The minimum absolute atomic E-state index is 0.148. The van der Waals surface area contributed by atoms with Crippen molar-refractivity contribution in [1.82, 2.24) is 4.98 Å². The van der Waals surface area contributed by atoms with Gasteiger partial charge in [0.15, 0.2) is 0 Å². The van der Waals surface area contributed by atoms with Crippen molar-refractivity contribution in [3.8, 4) is 0 Å². The van der Waals surface area contributed by atoms with E-state index >= 15 is 0 Å².